The standard InChI is InChI=1S/C19H17F2N3O4/c1-9-16(18(26)23-11-4-5-12(20)13(21)8-11)17(24-19(27)22-9)10-3-6-14(25)15(7-10)28-2/h3-8,17,25H,1-2H3,(H,23,26)(H2,22,24,27)/t17-/m0/s1. The minimum atomic E-state index is -1.10. The number of rotatable bonds is 4. The topological polar surface area (TPSA) is 99.7 Å². The highest BCUT2D eigenvalue weighted by Gasteiger charge is 2.31. The number of carbonyl (C=O) groups is 2. The van der Waals surface area contributed by atoms with Gasteiger partial charge in [0, 0.05) is 17.5 Å². The van der Waals surface area contributed by atoms with Gasteiger partial charge in [0.15, 0.2) is 23.1 Å². The molecule has 9 heteroatoms. The fourth-order valence-electron chi connectivity index (χ4n) is 2.89. The van der Waals surface area contributed by atoms with Crippen LogP contribution in [0.1, 0.15) is 18.5 Å². The molecule has 0 bridgehead atoms. The summed E-state index contributed by atoms with van der Waals surface area (Å²) in [4.78, 5) is 24.8. The maximum Gasteiger partial charge on any atom is 0.319 e. The molecule has 0 saturated heterocycles. The summed E-state index contributed by atoms with van der Waals surface area (Å²) in [5.74, 6) is -2.68. The zero-order chi connectivity index (χ0) is 20.4. The fraction of sp³-hybridized carbons (Fsp3) is 0.158. The van der Waals surface area contributed by atoms with Crippen LogP contribution in [0, 0.1) is 11.6 Å². The lowest BCUT2D eigenvalue weighted by molar-refractivity contribution is -0.113. The summed E-state index contributed by atoms with van der Waals surface area (Å²) in [5.41, 5.74) is 1.00. The number of ether oxygens (including phenoxy) is 1. The lowest BCUT2D eigenvalue weighted by Crippen LogP contribution is -2.46. The molecule has 4 N–H and O–H groups in total. The van der Waals surface area contributed by atoms with Crippen LogP contribution in [0.15, 0.2) is 47.7 Å². The van der Waals surface area contributed by atoms with Crippen LogP contribution in [0.25, 0.3) is 0 Å². The van der Waals surface area contributed by atoms with Crippen molar-refractivity contribution in [1.82, 2.24) is 10.6 Å². The van der Waals surface area contributed by atoms with E-state index in [1.54, 1.807) is 6.92 Å². The number of allylic oxidation sites excluding steroid dienone is 1. The second-order valence-electron chi connectivity index (χ2n) is 6.08. The summed E-state index contributed by atoms with van der Waals surface area (Å²) in [7, 11) is 1.37. The number of hydrogen-bond donors (Lipinski definition) is 4. The van der Waals surface area contributed by atoms with Crippen LogP contribution in [0.4, 0.5) is 19.3 Å². The Bertz CT molecular complexity index is 991. The Morgan fingerprint density at radius 3 is 2.61 bits per heavy atom. The molecule has 28 heavy (non-hydrogen) atoms. The van der Waals surface area contributed by atoms with E-state index in [0.29, 0.717) is 11.3 Å². The number of aromatic hydroxyl groups is 1. The Labute approximate surface area is 159 Å². The van der Waals surface area contributed by atoms with Crippen molar-refractivity contribution in [3.05, 3.63) is 64.9 Å². The van der Waals surface area contributed by atoms with Crippen molar-refractivity contribution < 1.29 is 28.2 Å². The number of benzene rings is 2. The largest absolute Gasteiger partial charge is 0.504 e. The molecule has 0 radical (unpaired) electrons. The highest BCUT2D eigenvalue weighted by atomic mass is 19.2. The summed E-state index contributed by atoms with van der Waals surface area (Å²) in [6.07, 6.45) is 0. The summed E-state index contributed by atoms with van der Waals surface area (Å²) < 4.78 is 31.6. The van der Waals surface area contributed by atoms with Gasteiger partial charge in [-0.25, -0.2) is 13.6 Å². The van der Waals surface area contributed by atoms with E-state index in [1.807, 2.05) is 0 Å². The molecule has 146 valence electrons. The minimum absolute atomic E-state index is 0.0585. The summed E-state index contributed by atoms with van der Waals surface area (Å²) in [6.45, 7) is 1.55. The van der Waals surface area contributed by atoms with Gasteiger partial charge in [0.05, 0.1) is 18.7 Å². The lowest BCUT2D eigenvalue weighted by atomic mass is 9.94. The van der Waals surface area contributed by atoms with Gasteiger partial charge in [-0.3, -0.25) is 4.79 Å². The number of amides is 3. The quantitative estimate of drug-likeness (QED) is 0.646. The van der Waals surface area contributed by atoms with Gasteiger partial charge >= 0.3 is 6.03 Å². The molecule has 3 amide bonds. The molecule has 0 aliphatic carbocycles. The first kappa shape index (κ1) is 19.2. The predicted octanol–water partition coefficient (Wildman–Crippen LogP) is 2.95. The average Bonchev–Trinajstić information content (AvgIpc) is 2.64. The molecule has 2 aromatic rings. The molecule has 1 aliphatic heterocycles. The number of phenolic OH excluding ortho intramolecular Hbond substituents is 1. The van der Waals surface area contributed by atoms with Gasteiger partial charge in [-0.05, 0) is 36.8 Å². The third-order valence-corrected chi connectivity index (χ3v) is 4.23. The highest BCUT2D eigenvalue weighted by molar-refractivity contribution is 6.06. The first-order valence-corrected chi connectivity index (χ1v) is 8.21. The lowest BCUT2D eigenvalue weighted by Gasteiger charge is -2.29. The van der Waals surface area contributed by atoms with E-state index in [4.69, 9.17) is 4.74 Å². The van der Waals surface area contributed by atoms with Gasteiger partial charge in [-0.1, -0.05) is 6.07 Å². The van der Waals surface area contributed by atoms with E-state index in [1.165, 1.54) is 31.4 Å². The van der Waals surface area contributed by atoms with Gasteiger partial charge in [0.2, 0.25) is 0 Å². The number of nitrogens with one attached hydrogen (secondary N) is 3. The summed E-state index contributed by atoms with van der Waals surface area (Å²) in [5, 5.41) is 17.4. The van der Waals surface area contributed by atoms with Crippen molar-refractivity contribution >= 4 is 17.6 Å². The average molecular weight is 389 g/mol. The fourth-order valence-corrected chi connectivity index (χ4v) is 2.89. The molecule has 2 aromatic carbocycles. The smallest absolute Gasteiger partial charge is 0.319 e. The van der Waals surface area contributed by atoms with Crippen LogP contribution >= 0.6 is 0 Å². The SMILES string of the molecule is COc1cc([C@@H]2NC(=O)NC(C)=C2C(=O)Nc2ccc(F)c(F)c2)ccc1O. The van der Waals surface area contributed by atoms with Crippen LogP contribution in [0.2, 0.25) is 0 Å². The Hall–Kier alpha value is -3.62. The van der Waals surface area contributed by atoms with Gasteiger partial charge in [0.25, 0.3) is 5.91 Å². The van der Waals surface area contributed by atoms with Gasteiger partial charge < -0.3 is 25.8 Å². The van der Waals surface area contributed by atoms with E-state index in [0.717, 1.165) is 12.1 Å². The Kier molecular flexibility index (Phi) is 5.16. The number of anilines is 1. The first-order valence-electron chi connectivity index (χ1n) is 8.21. The number of hydrogen-bond acceptors (Lipinski definition) is 4. The van der Waals surface area contributed by atoms with E-state index in [2.05, 4.69) is 16.0 Å². The molecule has 3 rings (SSSR count). The second-order valence-corrected chi connectivity index (χ2v) is 6.08. The number of halogens is 2. The maximum atomic E-state index is 13.4. The van der Waals surface area contributed by atoms with Crippen LogP contribution < -0.4 is 20.7 Å². The number of phenols is 1. The van der Waals surface area contributed by atoms with Gasteiger partial charge in [-0.2, -0.15) is 0 Å². The van der Waals surface area contributed by atoms with Gasteiger partial charge in [-0.15, -0.1) is 0 Å². The zero-order valence-corrected chi connectivity index (χ0v) is 15.0. The number of urea groups is 1. The second kappa shape index (κ2) is 7.55. The molecular weight excluding hydrogens is 372 g/mol. The van der Waals surface area contributed by atoms with E-state index >= 15 is 0 Å². The molecule has 0 unspecified atom stereocenters. The highest BCUT2D eigenvalue weighted by Crippen LogP contribution is 2.33. The molecule has 0 spiro atoms. The third-order valence-electron chi connectivity index (χ3n) is 4.23. The van der Waals surface area contributed by atoms with Gasteiger partial charge in [0.1, 0.15) is 0 Å². The van der Waals surface area contributed by atoms with Crippen LogP contribution in [-0.4, -0.2) is 24.2 Å². The normalized spacial score (nSPS) is 16.3. The van der Waals surface area contributed by atoms with Crippen LogP contribution in [0.5, 0.6) is 11.5 Å². The zero-order valence-electron chi connectivity index (χ0n) is 15.0. The molecule has 0 saturated carbocycles. The minimum Gasteiger partial charge on any atom is -0.504 e. The molecule has 1 aliphatic rings. The van der Waals surface area contributed by atoms with Crippen molar-refractivity contribution in [3.63, 3.8) is 0 Å². The van der Waals surface area contributed by atoms with Crippen LogP contribution in [-0.2, 0) is 4.79 Å². The third kappa shape index (κ3) is 3.73. The molecular formula is C19H17F2N3O4. The van der Waals surface area contributed by atoms with Crippen molar-refractivity contribution in [2.45, 2.75) is 13.0 Å². The number of methoxy groups -OCH3 is 1. The summed E-state index contributed by atoms with van der Waals surface area (Å²) in [6, 6.07) is 6.01. The predicted molar refractivity (Wildman–Crippen MR) is 96.8 cm³/mol. The molecule has 7 nitrogen and oxygen atoms in total. The maximum absolute atomic E-state index is 13.4. The number of carbonyl (C=O) groups excluding carboxylic acids is 2. The van der Waals surface area contributed by atoms with Crippen LogP contribution in [0.3, 0.4) is 0 Å². The van der Waals surface area contributed by atoms with E-state index in [9.17, 15) is 23.5 Å². The van der Waals surface area contributed by atoms with Crippen molar-refractivity contribution in [2.75, 3.05) is 12.4 Å². The first-order chi connectivity index (χ1) is 13.3. The molecule has 1 atom stereocenters. The molecule has 0 fully saturated rings. The Balaban J connectivity index is 1.97. The van der Waals surface area contributed by atoms with Crippen molar-refractivity contribution in [3.8, 4) is 11.5 Å². The Morgan fingerprint density at radius 1 is 1.18 bits per heavy atom. The summed E-state index contributed by atoms with van der Waals surface area (Å²) >= 11 is 0. The van der Waals surface area contributed by atoms with E-state index < -0.39 is 29.6 Å². The van der Waals surface area contributed by atoms with E-state index in [-0.39, 0.29) is 22.8 Å². The molecule has 1 heterocycles. The van der Waals surface area contributed by atoms with Crippen molar-refractivity contribution in [2.24, 2.45) is 0 Å². The Morgan fingerprint density at radius 2 is 1.93 bits per heavy atom. The van der Waals surface area contributed by atoms with Crippen molar-refractivity contribution in [1.29, 1.82) is 0 Å². The monoisotopic (exact) mass is 389 g/mol. The molecule has 0 aromatic heterocycles.